The molecule has 1 saturated carbocycles. The van der Waals surface area contributed by atoms with E-state index in [-0.39, 0.29) is 0 Å². The van der Waals surface area contributed by atoms with E-state index in [1.165, 1.54) is 51.7 Å². The van der Waals surface area contributed by atoms with Crippen LogP contribution >= 0.6 is 0 Å². The molecule has 0 aromatic rings. The first-order valence-electron chi connectivity index (χ1n) is 7.97. The van der Waals surface area contributed by atoms with Gasteiger partial charge >= 0.3 is 0 Å². The van der Waals surface area contributed by atoms with E-state index in [2.05, 4.69) is 32.6 Å². The molecule has 0 amide bonds. The number of hydrogen-bond donors (Lipinski definition) is 1. The van der Waals surface area contributed by atoms with Gasteiger partial charge in [-0.05, 0) is 43.2 Å². The largest absolute Gasteiger partial charge is 0.330 e. The van der Waals surface area contributed by atoms with Gasteiger partial charge in [0.25, 0.3) is 0 Å². The van der Waals surface area contributed by atoms with Gasteiger partial charge in [-0.1, -0.05) is 47.0 Å². The van der Waals surface area contributed by atoms with Crippen molar-refractivity contribution in [2.24, 2.45) is 23.0 Å². The fraction of sp³-hybridized carbons (Fsp3) is 1.00. The lowest BCUT2D eigenvalue weighted by Gasteiger charge is -2.42. The molecule has 0 aliphatic heterocycles. The summed E-state index contributed by atoms with van der Waals surface area (Å²) in [6, 6.07) is 0. The van der Waals surface area contributed by atoms with Gasteiger partial charge in [0.2, 0.25) is 0 Å². The second kappa shape index (κ2) is 7.49. The minimum absolute atomic E-state index is 0.413. The molecule has 2 heteroatoms. The Hall–Kier alpha value is -0.0800. The maximum atomic E-state index is 6.12. The second-order valence-electron chi connectivity index (χ2n) is 6.73. The molecule has 0 saturated heterocycles. The van der Waals surface area contributed by atoms with Crippen molar-refractivity contribution in [2.75, 3.05) is 26.2 Å². The Kier molecular flexibility index (Phi) is 6.65. The number of nitrogens with zero attached hydrogens (tertiary/aromatic N) is 1. The molecule has 0 heterocycles. The molecule has 108 valence electrons. The predicted molar refractivity (Wildman–Crippen MR) is 80.7 cm³/mol. The van der Waals surface area contributed by atoms with E-state index in [4.69, 9.17) is 5.73 Å². The molecular weight excluding hydrogens is 220 g/mol. The Morgan fingerprint density at radius 1 is 1.28 bits per heavy atom. The summed E-state index contributed by atoms with van der Waals surface area (Å²) in [6.45, 7) is 13.8. The van der Waals surface area contributed by atoms with E-state index in [1.807, 2.05) is 0 Å². The molecule has 1 atom stereocenters. The van der Waals surface area contributed by atoms with Gasteiger partial charge in [-0.15, -0.1) is 0 Å². The normalized spacial score (nSPS) is 30.7. The zero-order valence-electron chi connectivity index (χ0n) is 13.0. The Bertz CT molecular complexity index is 219. The average Bonchev–Trinajstić information content (AvgIpc) is 2.40. The smallest absolute Gasteiger partial charge is 0.00501 e. The first-order valence-corrected chi connectivity index (χ1v) is 7.97. The van der Waals surface area contributed by atoms with Gasteiger partial charge in [0, 0.05) is 13.1 Å². The zero-order chi connectivity index (χ0) is 13.6. The second-order valence-corrected chi connectivity index (χ2v) is 6.73. The standard InChI is InChI=1S/C16H34N2/c1-5-14(3)11-18(6-2)13-16(12-17)9-7-15(4)8-10-16/h14-15H,5-13,17H2,1-4H3. The van der Waals surface area contributed by atoms with Crippen molar-refractivity contribution >= 4 is 0 Å². The summed E-state index contributed by atoms with van der Waals surface area (Å²) in [7, 11) is 0. The van der Waals surface area contributed by atoms with Crippen LogP contribution in [-0.2, 0) is 0 Å². The van der Waals surface area contributed by atoms with Gasteiger partial charge in [0.1, 0.15) is 0 Å². The van der Waals surface area contributed by atoms with E-state index in [0.717, 1.165) is 18.4 Å². The Morgan fingerprint density at radius 3 is 2.33 bits per heavy atom. The fourth-order valence-electron chi connectivity index (χ4n) is 3.15. The molecule has 1 unspecified atom stereocenters. The minimum atomic E-state index is 0.413. The molecule has 0 radical (unpaired) electrons. The van der Waals surface area contributed by atoms with Gasteiger partial charge in [-0.2, -0.15) is 0 Å². The van der Waals surface area contributed by atoms with E-state index >= 15 is 0 Å². The number of nitrogens with two attached hydrogens (primary N) is 1. The lowest BCUT2D eigenvalue weighted by Crippen LogP contribution is -2.45. The highest BCUT2D eigenvalue weighted by atomic mass is 15.1. The van der Waals surface area contributed by atoms with Crippen LogP contribution in [0.2, 0.25) is 0 Å². The summed E-state index contributed by atoms with van der Waals surface area (Å²) in [5.74, 6) is 1.72. The van der Waals surface area contributed by atoms with Crippen LogP contribution < -0.4 is 5.73 Å². The Labute approximate surface area is 114 Å². The Morgan fingerprint density at radius 2 is 1.89 bits per heavy atom. The van der Waals surface area contributed by atoms with Crippen LogP contribution in [0.1, 0.15) is 59.8 Å². The topological polar surface area (TPSA) is 29.3 Å². The minimum Gasteiger partial charge on any atom is -0.330 e. The summed E-state index contributed by atoms with van der Waals surface area (Å²) < 4.78 is 0. The fourth-order valence-corrected chi connectivity index (χ4v) is 3.15. The molecule has 0 bridgehead atoms. The van der Waals surface area contributed by atoms with Crippen molar-refractivity contribution < 1.29 is 0 Å². The third-order valence-corrected chi connectivity index (χ3v) is 5.04. The maximum Gasteiger partial charge on any atom is 0.00501 e. The van der Waals surface area contributed by atoms with E-state index < -0.39 is 0 Å². The zero-order valence-corrected chi connectivity index (χ0v) is 13.0. The first-order chi connectivity index (χ1) is 8.55. The van der Waals surface area contributed by atoms with Crippen LogP contribution in [0.5, 0.6) is 0 Å². The highest BCUT2D eigenvalue weighted by Gasteiger charge is 2.34. The van der Waals surface area contributed by atoms with Gasteiger partial charge in [0.15, 0.2) is 0 Å². The predicted octanol–water partition coefficient (Wildman–Crippen LogP) is 3.51. The maximum absolute atomic E-state index is 6.12. The van der Waals surface area contributed by atoms with Crippen LogP contribution in [0, 0.1) is 17.3 Å². The summed E-state index contributed by atoms with van der Waals surface area (Å²) in [4.78, 5) is 2.64. The SMILES string of the molecule is CCC(C)CN(CC)CC1(CN)CCC(C)CC1. The molecule has 1 fully saturated rings. The highest BCUT2D eigenvalue weighted by molar-refractivity contribution is 4.88. The van der Waals surface area contributed by atoms with E-state index in [9.17, 15) is 0 Å². The third-order valence-electron chi connectivity index (χ3n) is 5.04. The molecule has 18 heavy (non-hydrogen) atoms. The van der Waals surface area contributed by atoms with E-state index in [1.54, 1.807) is 0 Å². The number of rotatable bonds is 7. The van der Waals surface area contributed by atoms with Gasteiger partial charge in [0.05, 0.1) is 0 Å². The first kappa shape index (κ1) is 16.0. The van der Waals surface area contributed by atoms with Crippen molar-refractivity contribution in [1.29, 1.82) is 0 Å². The van der Waals surface area contributed by atoms with Crippen molar-refractivity contribution in [3.8, 4) is 0 Å². The van der Waals surface area contributed by atoms with E-state index in [0.29, 0.717) is 5.41 Å². The van der Waals surface area contributed by atoms with Crippen LogP contribution in [0.15, 0.2) is 0 Å². The van der Waals surface area contributed by atoms with Crippen molar-refractivity contribution in [3.63, 3.8) is 0 Å². The van der Waals surface area contributed by atoms with Crippen LogP contribution in [0.3, 0.4) is 0 Å². The van der Waals surface area contributed by atoms with Gasteiger partial charge in [-0.3, -0.25) is 0 Å². The third kappa shape index (κ3) is 4.55. The van der Waals surface area contributed by atoms with Gasteiger partial charge < -0.3 is 10.6 Å². The highest BCUT2D eigenvalue weighted by Crippen LogP contribution is 2.38. The van der Waals surface area contributed by atoms with Crippen molar-refractivity contribution in [1.82, 2.24) is 4.90 Å². The summed E-state index contributed by atoms with van der Waals surface area (Å²) in [5.41, 5.74) is 6.54. The molecule has 2 N–H and O–H groups in total. The van der Waals surface area contributed by atoms with Crippen molar-refractivity contribution in [3.05, 3.63) is 0 Å². The molecular formula is C16H34N2. The average molecular weight is 254 g/mol. The van der Waals surface area contributed by atoms with Crippen LogP contribution in [0.25, 0.3) is 0 Å². The van der Waals surface area contributed by atoms with Crippen LogP contribution in [0.4, 0.5) is 0 Å². The monoisotopic (exact) mass is 254 g/mol. The molecule has 1 rings (SSSR count). The lowest BCUT2D eigenvalue weighted by atomic mass is 9.70. The Balaban J connectivity index is 2.54. The van der Waals surface area contributed by atoms with Crippen LogP contribution in [-0.4, -0.2) is 31.1 Å². The summed E-state index contributed by atoms with van der Waals surface area (Å²) in [6.07, 6.45) is 6.70. The molecule has 1 aliphatic rings. The number of hydrogen-bond acceptors (Lipinski definition) is 2. The molecule has 2 nitrogen and oxygen atoms in total. The molecule has 0 aromatic carbocycles. The van der Waals surface area contributed by atoms with Crippen molar-refractivity contribution in [2.45, 2.75) is 59.8 Å². The quantitative estimate of drug-likeness (QED) is 0.753. The summed E-state index contributed by atoms with van der Waals surface area (Å²) in [5, 5.41) is 0. The van der Waals surface area contributed by atoms with Gasteiger partial charge in [-0.25, -0.2) is 0 Å². The summed E-state index contributed by atoms with van der Waals surface area (Å²) >= 11 is 0. The lowest BCUT2D eigenvalue weighted by molar-refractivity contribution is 0.0893. The molecule has 0 aromatic heterocycles. The molecule has 0 spiro atoms. The molecule has 1 aliphatic carbocycles.